The monoisotopic (exact) mass is 504 g/mol. The lowest BCUT2D eigenvalue weighted by atomic mass is 9.79. The van der Waals surface area contributed by atoms with Gasteiger partial charge in [0, 0.05) is 12.7 Å². The number of aliphatic hydroxyl groups excluding tert-OH is 1. The highest BCUT2D eigenvalue weighted by Gasteiger charge is 2.19. The fourth-order valence-corrected chi connectivity index (χ4v) is 4.74. The largest absolute Gasteiger partial charge is 0.392 e. The summed E-state index contributed by atoms with van der Waals surface area (Å²) in [7, 11) is 1.62. The van der Waals surface area contributed by atoms with Crippen molar-refractivity contribution in [1.29, 1.82) is 0 Å². The molecule has 0 aromatic heterocycles. The quantitative estimate of drug-likeness (QED) is 0.342. The molecular weight excluding hydrogens is 463 g/mol. The van der Waals surface area contributed by atoms with Gasteiger partial charge in [0.1, 0.15) is 12.6 Å². The molecule has 0 aliphatic heterocycles. The van der Waals surface area contributed by atoms with Crippen molar-refractivity contribution in [3.63, 3.8) is 0 Å². The highest BCUT2D eigenvalue weighted by Crippen LogP contribution is 2.37. The average molecular weight is 505 g/mol. The van der Waals surface area contributed by atoms with Gasteiger partial charge in [0.15, 0.2) is 0 Å². The van der Waals surface area contributed by atoms with Crippen LogP contribution in [0.25, 0.3) is 22.3 Å². The first-order chi connectivity index (χ1) is 17.8. The fourth-order valence-electron chi connectivity index (χ4n) is 4.74. The summed E-state index contributed by atoms with van der Waals surface area (Å²) in [6.45, 7) is 12.2. The third-order valence-corrected chi connectivity index (χ3v) is 6.64. The van der Waals surface area contributed by atoms with E-state index in [1.807, 2.05) is 51.0 Å². The molecule has 1 aliphatic rings. The van der Waals surface area contributed by atoms with Gasteiger partial charge in [-0.25, -0.2) is 4.39 Å². The van der Waals surface area contributed by atoms with Crippen LogP contribution in [0.5, 0.6) is 0 Å². The highest BCUT2D eigenvalue weighted by atomic mass is 19.1. The SMILES string of the molecule is C=C(C)C.C=O.COCc1cc(CO)ccc1-c1ccc(-c2ccc(C3CCC(C)CC3)cc2)cc1F. The predicted molar refractivity (Wildman–Crippen MR) is 152 cm³/mol. The van der Waals surface area contributed by atoms with Crippen LogP contribution in [-0.2, 0) is 22.7 Å². The molecule has 0 bridgehead atoms. The molecule has 1 N–H and O–H groups in total. The molecule has 1 saturated carbocycles. The molecule has 0 radical (unpaired) electrons. The zero-order valence-corrected chi connectivity index (χ0v) is 22.7. The molecule has 3 nitrogen and oxygen atoms in total. The number of ether oxygens (including phenoxy) is 1. The Kier molecular flexibility index (Phi) is 12.4. The minimum Gasteiger partial charge on any atom is -0.392 e. The Balaban J connectivity index is 0.000000733. The maximum absolute atomic E-state index is 15.1. The van der Waals surface area contributed by atoms with Crippen LogP contribution >= 0.6 is 0 Å². The summed E-state index contributed by atoms with van der Waals surface area (Å²) in [4.78, 5) is 8.00. The Bertz CT molecular complexity index is 1120. The van der Waals surface area contributed by atoms with Gasteiger partial charge in [0.2, 0.25) is 0 Å². The Hall–Kier alpha value is -3.08. The summed E-state index contributed by atoms with van der Waals surface area (Å²) in [5.41, 5.74) is 7.49. The lowest BCUT2D eigenvalue weighted by Crippen LogP contribution is -2.10. The van der Waals surface area contributed by atoms with Crippen molar-refractivity contribution in [1.82, 2.24) is 0 Å². The van der Waals surface area contributed by atoms with Crippen LogP contribution in [0.3, 0.4) is 0 Å². The van der Waals surface area contributed by atoms with E-state index in [0.717, 1.165) is 33.7 Å². The molecule has 3 aromatic carbocycles. The van der Waals surface area contributed by atoms with Gasteiger partial charge in [-0.05, 0) is 78.0 Å². The van der Waals surface area contributed by atoms with Crippen molar-refractivity contribution < 1.29 is 19.0 Å². The van der Waals surface area contributed by atoms with Crippen LogP contribution in [0.4, 0.5) is 4.39 Å². The lowest BCUT2D eigenvalue weighted by Gasteiger charge is -2.26. The average Bonchev–Trinajstić information content (AvgIpc) is 2.90. The van der Waals surface area contributed by atoms with Gasteiger partial charge in [0.25, 0.3) is 0 Å². The minimum absolute atomic E-state index is 0.0473. The number of rotatable bonds is 6. The maximum Gasteiger partial charge on any atom is 0.131 e. The van der Waals surface area contributed by atoms with Gasteiger partial charge < -0.3 is 14.6 Å². The second-order valence-electron chi connectivity index (χ2n) is 10.1. The molecule has 3 aromatic rings. The zero-order valence-electron chi connectivity index (χ0n) is 22.7. The van der Waals surface area contributed by atoms with Crippen molar-refractivity contribution in [3.05, 3.63) is 95.3 Å². The van der Waals surface area contributed by atoms with Gasteiger partial charge in [-0.15, -0.1) is 6.58 Å². The maximum atomic E-state index is 15.1. The van der Waals surface area contributed by atoms with Gasteiger partial charge in [-0.2, -0.15) is 0 Å². The van der Waals surface area contributed by atoms with E-state index < -0.39 is 0 Å². The number of aliphatic hydroxyl groups is 1. The standard InChI is InChI=1S/C28H31FO2.C4H8.CH2O/c1-19-3-6-21(7-4-19)22-8-10-23(11-9-22)24-12-14-27(28(29)16-24)26-13-5-20(17-30)15-25(26)18-31-2;1-4(2)3;1-2/h5,8-16,19,21,30H,3-4,6-7,17-18H2,1-2H3;1H2,2-3H3;1H2. The summed E-state index contributed by atoms with van der Waals surface area (Å²) in [5.74, 6) is 1.25. The van der Waals surface area contributed by atoms with Gasteiger partial charge in [0.05, 0.1) is 13.2 Å². The van der Waals surface area contributed by atoms with E-state index in [1.165, 1.54) is 36.8 Å². The molecule has 4 heteroatoms. The van der Waals surface area contributed by atoms with Crippen LogP contribution in [0.1, 0.15) is 69.1 Å². The van der Waals surface area contributed by atoms with Crippen LogP contribution in [0, 0.1) is 11.7 Å². The first kappa shape index (κ1) is 30.1. The number of halogens is 1. The van der Waals surface area contributed by atoms with Crippen LogP contribution in [0.2, 0.25) is 0 Å². The summed E-state index contributed by atoms with van der Waals surface area (Å²) < 4.78 is 20.4. The van der Waals surface area contributed by atoms with E-state index in [9.17, 15) is 5.11 Å². The summed E-state index contributed by atoms with van der Waals surface area (Å²) in [6.07, 6.45) is 5.15. The van der Waals surface area contributed by atoms with Crippen molar-refractivity contribution in [2.75, 3.05) is 7.11 Å². The molecule has 0 unspecified atom stereocenters. The molecule has 0 heterocycles. The van der Waals surface area contributed by atoms with Crippen molar-refractivity contribution in [3.8, 4) is 22.3 Å². The van der Waals surface area contributed by atoms with E-state index in [1.54, 1.807) is 13.2 Å². The van der Waals surface area contributed by atoms with Gasteiger partial charge >= 0.3 is 0 Å². The van der Waals surface area contributed by atoms with E-state index in [-0.39, 0.29) is 12.4 Å². The number of carbonyl (C=O) groups is 1. The highest BCUT2D eigenvalue weighted by molar-refractivity contribution is 5.73. The molecule has 37 heavy (non-hydrogen) atoms. The van der Waals surface area contributed by atoms with Crippen molar-refractivity contribution >= 4 is 6.79 Å². The fraction of sp³-hybridized carbons (Fsp3) is 0.364. The third-order valence-electron chi connectivity index (χ3n) is 6.64. The van der Waals surface area contributed by atoms with Crippen LogP contribution < -0.4 is 0 Å². The molecule has 0 saturated heterocycles. The van der Waals surface area contributed by atoms with Gasteiger partial charge in [-0.3, -0.25) is 0 Å². The summed E-state index contributed by atoms with van der Waals surface area (Å²) in [5, 5.41) is 9.41. The summed E-state index contributed by atoms with van der Waals surface area (Å²) in [6, 6.07) is 19.7. The number of hydrogen-bond donors (Lipinski definition) is 1. The molecule has 0 atom stereocenters. The van der Waals surface area contributed by atoms with E-state index in [4.69, 9.17) is 9.53 Å². The predicted octanol–water partition coefficient (Wildman–Crippen LogP) is 8.49. The number of allylic oxidation sites excluding steroid dienone is 1. The Morgan fingerprint density at radius 2 is 1.49 bits per heavy atom. The Morgan fingerprint density at radius 3 is 2.03 bits per heavy atom. The molecule has 1 fully saturated rings. The number of hydrogen-bond acceptors (Lipinski definition) is 3. The van der Waals surface area contributed by atoms with Crippen LogP contribution in [0.15, 0.2) is 72.8 Å². The molecule has 198 valence electrons. The first-order valence-corrected chi connectivity index (χ1v) is 12.8. The Labute approximate surface area is 222 Å². The van der Waals surface area contributed by atoms with Crippen molar-refractivity contribution in [2.24, 2.45) is 5.92 Å². The smallest absolute Gasteiger partial charge is 0.131 e. The minimum atomic E-state index is -0.253. The van der Waals surface area contributed by atoms with Crippen molar-refractivity contribution in [2.45, 2.75) is 65.6 Å². The van der Waals surface area contributed by atoms with E-state index >= 15 is 4.39 Å². The lowest BCUT2D eigenvalue weighted by molar-refractivity contribution is -0.0980. The normalized spacial score (nSPS) is 16.6. The second-order valence-corrected chi connectivity index (χ2v) is 10.1. The summed E-state index contributed by atoms with van der Waals surface area (Å²) >= 11 is 0. The molecule has 0 spiro atoms. The number of benzene rings is 3. The topological polar surface area (TPSA) is 46.5 Å². The van der Waals surface area contributed by atoms with Gasteiger partial charge in [-0.1, -0.05) is 79.9 Å². The molecule has 1 aliphatic carbocycles. The third kappa shape index (κ3) is 8.77. The number of methoxy groups -OCH3 is 1. The van der Waals surface area contributed by atoms with E-state index in [2.05, 4.69) is 37.8 Å². The zero-order chi connectivity index (χ0) is 27.4. The Morgan fingerprint density at radius 1 is 0.919 bits per heavy atom. The first-order valence-electron chi connectivity index (χ1n) is 12.8. The molecule has 4 rings (SSSR count). The van der Waals surface area contributed by atoms with E-state index in [0.29, 0.717) is 18.1 Å². The number of carbonyl (C=O) groups excluding carboxylic acids is 1. The second kappa shape index (κ2) is 15.2. The molecule has 0 amide bonds. The molecular formula is C33H41FO3. The van der Waals surface area contributed by atoms with Crippen LogP contribution in [-0.4, -0.2) is 19.0 Å².